The Kier molecular flexibility index (Phi) is 5.06. The first-order valence-corrected chi connectivity index (χ1v) is 7.28. The average molecular weight is 247 g/mol. The van der Waals surface area contributed by atoms with E-state index >= 15 is 0 Å². The lowest BCUT2D eigenvalue weighted by molar-refractivity contribution is 0.206. The lowest BCUT2D eigenvalue weighted by Gasteiger charge is -2.23. The smallest absolute Gasteiger partial charge is 0.124 e. The fraction of sp³-hybridized carbons (Fsp3) is 0.625. The van der Waals surface area contributed by atoms with E-state index in [1.165, 1.54) is 32.1 Å². The van der Waals surface area contributed by atoms with Gasteiger partial charge >= 0.3 is 0 Å². The number of nitrogens with two attached hydrogens (primary N) is 1. The van der Waals surface area contributed by atoms with Crippen molar-refractivity contribution < 1.29 is 4.74 Å². The summed E-state index contributed by atoms with van der Waals surface area (Å²) in [5, 5.41) is 0. The lowest BCUT2D eigenvalue weighted by Crippen LogP contribution is -2.17. The van der Waals surface area contributed by atoms with Crippen molar-refractivity contribution in [3.63, 3.8) is 0 Å². The summed E-state index contributed by atoms with van der Waals surface area (Å²) in [4.78, 5) is 0. The summed E-state index contributed by atoms with van der Waals surface area (Å²) in [7, 11) is 0. The number of ether oxygens (including phenoxy) is 1. The molecule has 2 N–H and O–H groups in total. The summed E-state index contributed by atoms with van der Waals surface area (Å²) < 4.78 is 6.02. The highest BCUT2D eigenvalue weighted by atomic mass is 16.5. The van der Waals surface area contributed by atoms with Crippen LogP contribution in [0.25, 0.3) is 0 Å². The Labute approximate surface area is 111 Å². The van der Waals surface area contributed by atoms with Crippen molar-refractivity contribution in [1.82, 2.24) is 0 Å². The first-order valence-electron chi connectivity index (χ1n) is 7.28. The van der Waals surface area contributed by atoms with E-state index in [9.17, 15) is 0 Å². The van der Waals surface area contributed by atoms with Gasteiger partial charge in [0.25, 0.3) is 0 Å². The molecule has 0 aromatic heterocycles. The predicted octanol–water partition coefficient (Wildman–Crippen LogP) is 4.06. The van der Waals surface area contributed by atoms with Crippen LogP contribution in [-0.2, 0) is 0 Å². The Bertz CT molecular complexity index is 358. The summed E-state index contributed by atoms with van der Waals surface area (Å²) in [6.07, 6.45) is 7.72. The zero-order valence-corrected chi connectivity index (χ0v) is 11.4. The molecule has 2 heteroatoms. The molecule has 0 amide bonds. The molecule has 0 radical (unpaired) electrons. The molecular weight excluding hydrogens is 222 g/mol. The molecule has 1 saturated carbocycles. The van der Waals surface area contributed by atoms with E-state index in [0.29, 0.717) is 0 Å². The molecule has 18 heavy (non-hydrogen) atoms. The van der Waals surface area contributed by atoms with Gasteiger partial charge in [-0.2, -0.15) is 0 Å². The van der Waals surface area contributed by atoms with Gasteiger partial charge in [0.15, 0.2) is 0 Å². The highest BCUT2D eigenvalue weighted by Gasteiger charge is 2.15. The summed E-state index contributed by atoms with van der Waals surface area (Å²) in [5.41, 5.74) is 7.27. The number of hydrogen-bond acceptors (Lipinski definition) is 2. The minimum atomic E-state index is 0.0903. The van der Waals surface area contributed by atoms with Crippen molar-refractivity contribution >= 4 is 0 Å². The van der Waals surface area contributed by atoms with Crippen molar-refractivity contribution in [2.24, 2.45) is 11.7 Å². The SMILES string of the molecule is CC[C@H](N)c1ccccc1OCC1CCCCC1. The van der Waals surface area contributed by atoms with Crippen molar-refractivity contribution in [2.75, 3.05) is 6.61 Å². The molecule has 2 nitrogen and oxygen atoms in total. The molecule has 1 aromatic rings. The first-order chi connectivity index (χ1) is 8.81. The second-order valence-corrected chi connectivity index (χ2v) is 5.37. The third kappa shape index (κ3) is 3.49. The van der Waals surface area contributed by atoms with Crippen LogP contribution < -0.4 is 10.5 Å². The predicted molar refractivity (Wildman–Crippen MR) is 75.7 cm³/mol. The monoisotopic (exact) mass is 247 g/mol. The quantitative estimate of drug-likeness (QED) is 0.851. The Balaban J connectivity index is 1.95. The number of rotatable bonds is 5. The Hall–Kier alpha value is -1.02. The van der Waals surface area contributed by atoms with Gasteiger partial charge in [0.05, 0.1) is 6.61 Å². The molecule has 0 bridgehead atoms. The molecule has 1 aliphatic rings. The zero-order chi connectivity index (χ0) is 12.8. The van der Waals surface area contributed by atoms with Crippen LogP contribution in [-0.4, -0.2) is 6.61 Å². The second kappa shape index (κ2) is 6.79. The second-order valence-electron chi connectivity index (χ2n) is 5.37. The van der Waals surface area contributed by atoms with E-state index in [4.69, 9.17) is 10.5 Å². The minimum absolute atomic E-state index is 0.0903. The van der Waals surface area contributed by atoms with E-state index in [1.807, 2.05) is 18.2 Å². The molecule has 0 heterocycles. The molecule has 1 aliphatic carbocycles. The Morgan fingerprint density at radius 1 is 1.22 bits per heavy atom. The zero-order valence-electron chi connectivity index (χ0n) is 11.4. The fourth-order valence-electron chi connectivity index (χ4n) is 2.70. The summed E-state index contributed by atoms with van der Waals surface area (Å²) in [6, 6.07) is 8.30. The average Bonchev–Trinajstić information content (AvgIpc) is 2.45. The molecule has 100 valence electrons. The van der Waals surface area contributed by atoms with Gasteiger partial charge < -0.3 is 10.5 Å². The molecule has 0 saturated heterocycles. The number of benzene rings is 1. The molecule has 0 aliphatic heterocycles. The number of para-hydroxylation sites is 1. The topological polar surface area (TPSA) is 35.2 Å². The molecule has 2 rings (SSSR count). The summed E-state index contributed by atoms with van der Waals surface area (Å²) in [6.45, 7) is 2.97. The van der Waals surface area contributed by atoms with Gasteiger partial charge in [-0.1, -0.05) is 44.4 Å². The van der Waals surface area contributed by atoms with E-state index in [0.717, 1.165) is 30.3 Å². The van der Waals surface area contributed by atoms with Crippen molar-refractivity contribution in [1.29, 1.82) is 0 Å². The number of hydrogen-bond donors (Lipinski definition) is 1. The molecular formula is C16H25NO. The van der Waals surface area contributed by atoms with Gasteiger partial charge in [0.1, 0.15) is 5.75 Å². The Morgan fingerprint density at radius 2 is 1.94 bits per heavy atom. The molecule has 1 atom stereocenters. The van der Waals surface area contributed by atoms with Gasteiger partial charge in [-0.15, -0.1) is 0 Å². The summed E-state index contributed by atoms with van der Waals surface area (Å²) in [5.74, 6) is 1.72. The van der Waals surface area contributed by atoms with Crippen molar-refractivity contribution in [2.45, 2.75) is 51.5 Å². The van der Waals surface area contributed by atoms with Crippen LogP contribution in [0.4, 0.5) is 0 Å². The van der Waals surface area contributed by atoms with Crippen LogP contribution in [0.5, 0.6) is 5.75 Å². The van der Waals surface area contributed by atoms with Crippen LogP contribution in [0.1, 0.15) is 57.1 Å². The highest BCUT2D eigenvalue weighted by molar-refractivity contribution is 5.35. The maximum atomic E-state index is 6.12. The summed E-state index contributed by atoms with van der Waals surface area (Å²) >= 11 is 0. The fourth-order valence-corrected chi connectivity index (χ4v) is 2.70. The van der Waals surface area contributed by atoms with Crippen LogP contribution in [0, 0.1) is 5.92 Å². The lowest BCUT2D eigenvalue weighted by atomic mass is 9.90. The highest BCUT2D eigenvalue weighted by Crippen LogP contribution is 2.28. The van der Waals surface area contributed by atoms with Gasteiger partial charge in [-0.05, 0) is 31.2 Å². The van der Waals surface area contributed by atoms with E-state index in [-0.39, 0.29) is 6.04 Å². The van der Waals surface area contributed by atoms with Gasteiger partial charge in [-0.25, -0.2) is 0 Å². The van der Waals surface area contributed by atoms with Crippen LogP contribution in [0.3, 0.4) is 0 Å². The van der Waals surface area contributed by atoms with Gasteiger partial charge in [-0.3, -0.25) is 0 Å². The minimum Gasteiger partial charge on any atom is -0.493 e. The third-order valence-corrected chi connectivity index (χ3v) is 3.96. The van der Waals surface area contributed by atoms with Crippen molar-refractivity contribution in [3.05, 3.63) is 29.8 Å². The normalized spacial score (nSPS) is 18.6. The molecule has 0 spiro atoms. The molecule has 1 aromatic carbocycles. The molecule has 1 fully saturated rings. The van der Waals surface area contributed by atoms with Crippen LogP contribution >= 0.6 is 0 Å². The maximum Gasteiger partial charge on any atom is 0.124 e. The van der Waals surface area contributed by atoms with E-state index < -0.39 is 0 Å². The van der Waals surface area contributed by atoms with Gasteiger partial charge in [0, 0.05) is 11.6 Å². The first kappa shape index (κ1) is 13.4. The molecule has 0 unspecified atom stereocenters. The Morgan fingerprint density at radius 3 is 2.67 bits per heavy atom. The van der Waals surface area contributed by atoms with Crippen molar-refractivity contribution in [3.8, 4) is 5.75 Å². The standard InChI is InChI=1S/C16H25NO/c1-2-15(17)14-10-6-7-11-16(14)18-12-13-8-4-3-5-9-13/h6-7,10-11,13,15H,2-5,8-9,12,17H2,1H3/t15-/m0/s1. The largest absolute Gasteiger partial charge is 0.493 e. The van der Waals surface area contributed by atoms with E-state index in [2.05, 4.69) is 13.0 Å². The van der Waals surface area contributed by atoms with Gasteiger partial charge in [0.2, 0.25) is 0 Å². The van der Waals surface area contributed by atoms with Crippen LogP contribution in [0.15, 0.2) is 24.3 Å². The maximum absolute atomic E-state index is 6.12. The van der Waals surface area contributed by atoms with E-state index in [1.54, 1.807) is 0 Å². The van der Waals surface area contributed by atoms with Crippen LogP contribution in [0.2, 0.25) is 0 Å². The third-order valence-electron chi connectivity index (χ3n) is 3.96.